The van der Waals surface area contributed by atoms with Crippen LogP contribution in [0.2, 0.25) is 0 Å². The Balaban J connectivity index is 2.62. The van der Waals surface area contributed by atoms with Gasteiger partial charge in [-0.2, -0.15) is 0 Å². The van der Waals surface area contributed by atoms with Crippen molar-refractivity contribution in [3.63, 3.8) is 0 Å². The summed E-state index contributed by atoms with van der Waals surface area (Å²) in [6.07, 6.45) is 0. The first-order valence-electron chi connectivity index (χ1n) is 5.65. The zero-order valence-corrected chi connectivity index (χ0v) is 10.5. The number of nitro benzene ring substituents is 1. The minimum Gasteiger partial charge on any atom is -0.465 e. The van der Waals surface area contributed by atoms with E-state index in [4.69, 9.17) is 0 Å². The molecule has 6 heteroatoms. The normalized spacial score (nSPS) is 10.1. The second-order valence-corrected chi connectivity index (χ2v) is 3.99. The monoisotopic (exact) mass is 275 g/mol. The molecule has 0 spiro atoms. The molecule has 0 N–H and O–H groups in total. The quantitative estimate of drug-likeness (QED) is 0.490. The van der Waals surface area contributed by atoms with Crippen molar-refractivity contribution < 1.29 is 18.8 Å². The van der Waals surface area contributed by atoms with Gasteiger partial charge in [0.2, 0.25) is 0 Å². The Hall–Kier alpha value is -2.76. The number of nitro groups is 1. The third-order valence-corrected chi connectivity index (χ3v) is 2.77. The van der Waals surface area contributed by atoms with Crippen molar-refractivity contribution in [2.24, 2.45) is 0 Å². The lowest BCUT2D eigenvalue weighted by Crippen LogP contribution is -2.04. The smallest absolute Gasteiger partial charge is 0.338 e. The summed E-state index contributed by atoms with van der Waals surface area (Å²) in [7, 11) is 1.22. The summed E-state index contributed by atoms with van der Waals surface area (Å²) >= 11 is 0. The average molecular weight is 275 g/mol. The molecule has 0 amide bonds. The molecule has 5 nitrogen and oxygen atoms in total. The minimum atomic E-state index is -0.612. The van der Waals surface area contributed by atoms with Crippen LogP contribution in [0.5, 0.6) is 0 Å². The van der Waals surface area contributed by atoms with E-state index in [2.05, 4.69) is 4.74 Å². The Kier molecular flexibility index (Phi) is 3.74. The molecule has 2 rings (SSSR count). The molecule has 20 heavy (non-hydrogen) atoms. The molecule has 102 valence electrons. The van der Waals surface area contributed by atoms with Gasteiger partial charge in [-0.1, -0.05) is 12.1 Å². The number of hydrogen-bond acceptors (Lipinski definition) is 4. The summed E-state index contributed by atoms with van der Waals surface area (Å²) in [6, 6.07) is 9.13. The van der Waals surface area contributed by atoms with Gasteiger partial charge in [-0.25, -0.2) is 9.18 Å². The number of nitrogens with zero attached hydrogens (tertiary/aromatic N) is 1. The van der Waals surface area contributed by atoms with Crippen LogP contribution in [0.25, 0.3) is 11.1 Å². The number of rotatable bonds is 3. The highest BCUT2D eigenvalue weighted by atomic mass is 19.1. The molecule has 0 bridgehead atoms. The molecular formula is C14H10FNO4. The first kappa shape index (κ1) is 13.7. The Morgan fingerprint density at radius 2 is 1.85 bits per heavy atom. The van der Waals surface area contributed by atoms with Crippen LogP contribution < -0.4 is 0 Å². The van der Waals surface area contributed by atoms with Crippen molar-refractivity contribution in [1.29, 1.82) is 0 Å². The Bertz CT molecular complexity index is 667. The van der Waals surface area contributed by atoms with Crippen molar-refractivity contribution in [3.05, 3.63) is 64.0 Å². The lowest BCUT2D eigenvalue weighted by atomic mass is 9.99. The summed E-state index contributed by atoms with van der Waals surface area (Å²) in [6.45, 7) is 0. The lowest BCUT2D eigenvalue weighted by Gasteiger charge is -2.08. The van der Waals surface area contributed by atoms with Gasteiger partial charge in [0, 0.05) is 17.7 Å². The fraction of sp³-hybridized carbons (Fsp3) is 0.0714. The van der Waals surface area contributed by atoms with Crippen molar-refractivity contribution >= 4 is 11.7 Å². The molecule has 0 atom stereocenters. The van der Waals surface area contributed by atoms with Crippen molar-refractivity contribution in [2.45, 2.75) is 0 Å². The van der Waals surface area contributed by atoms with E-state index in [0.717, 1.165) is 0 Å². The van der Waals surface area contributed by atoms with Crippen molar-refractivity contribution in [3.8, 4) is 11.1 Å². The molecular weight excluding hydrogens is 265 g/mol. The van der Waals surface area contributed by atoms with Gasteiger partial charge in [-0.05, 0) is 23.8 Å². The summed E-state index contributed by atoms with van der Waals surface area (Å²) in [5, 5.41) is 10.8. The molecule has 2 aromatic carbocycles. The number of carbonyl (C=O) groups excluding carboxylic acids is 1. The highest BCUT2D eigenvalue weighted by molar-refractivity contribution is 5.97. The number of methoxy groups -OCH3 is 1. The molecule has 0 fully saturated rings. The number of ether oxygens (including phenoxy) is 1. The van der Waals surface area contributed by atoms with Crippen LogP contribution in [-0.2, 0) is 4.74 Å². The van der Waals surface area contributed by atoms with E-state index in [1.54, 1.807) is 0 Å². The second-order valence-electron chi connectivity index (χ2n) is 3.99. The second kappa shape index (κ2) is 5.48. The van der Waals surface area contributed by atoms with Gasteiger partial charge in [0.15, 0.2) is 0 Å². The maximum Gasteiger partial charge on any atom is 0.338 e. The van der Waals surface area contributed by atoms with Crippen LogP contribution in [0.4, 0.5) is 10.1 Å². The number of hydrogen-bond donors (Lipinski definition) is 0. The highest BCUT2D eigenvalue weighted by Gasteiger charge is 2.17. The molecule has 0 radical (unpaired) electrons. The van der Waals surface area contributed by atoms with Crippen LogP contribution in [0.1, 0.15) is 10.4 Å². The summed E-state index contributed by atoms with van der Waals surface area (Å²) < 4.78 is 17.6. The molecule has 0 saturated carbocycles. The third-order valence-electron chi connectivity index (χ3n) is 2.77. The topological polar surface area (TPSA) is 69.4 Å². The number of carbonyl (C=O) groups is 1. The summed E-state index contributed by atoms with van der Waals surface area (Å²) in [5.41, 5.74) is 0.850. The summed E-state index contributed by atoms with van der Waals surface area (Å²) in [5.74, 6) is -1.04. The number of non-ortho nitro benzene ring substituents is 1. The third kappa shape index (κ3) is 2.64. The fourth-order valence-electron chi connectivity index (χ4n) is 1.80. The largest absolute Gasteiger partial charge is 0.465 e. The van der Waals surface area contributed by atoms with E-state index >= 15 is 0 Å². The molecule has 0 aromatic heterocycles. The Morgan fingerprint density at radius 1 is 1.20 bits per heavy atom. The van der Waals surface area contributed by atoms with Gasteiger partial charge in [-0.15, -0.1) is 0 Å². The van der Waals surface area contributed by atoms with Gasteiger partial charge >= 0.3 is 5.97 Å². The molecule has 2 aromatic rings. The van der Waals surface area contributed by atoms with E-state index in [1.165, 1.54) is 49.6 Å². The molecule has 0 aliphatic heterocycles. The van der Waals surface area contributed by atoms with Crippen molar-refractivity contribution in [2.75, 3.05) is 7.11 Å². The zero-order chi connectivity index (χ0) is 14.7. The van der Waals surface area contributed by atoms with Crippen LogP contribution in [0, 0.1) is 15.9 Å². The molecule has 0 saturated heterocycles. The maximum atomic E-state index is 12.9. The first-order chi connectivity index (χ1) is 9.52. The fourth-order valence-corrected chi connectivity index (χ4v) is 1.80. The number of esters is 1. The number of benzene rings is 2. The average Bonchev–Trinajstić information content (AvgIpc) is 2.46. The van der Waals surface area contributed by atoms with E-state index in [1.807, 2.05) is 0 Å². The molecule has 0 aliphatic carbocycles. The van der Waals surface area contributed by atoms with E-state index in [0.29, 0.717) is 11.1 Å². The number of halogens is 1. The van der Waals surface area contributed by atoms with Gasteiger partial charge in [-0.3, -0.25) is 10.1 Å². The van der Waals surface area contributed by atoms with Crippen molar-refractivity contribution in [1.82, 2.24) is 0 Å². The highest BCUT2D eigenvalue weighted by Crippen LogP contribution is 2.28. The van der Waals surface area contributed by atoms with Crippen LogP contribution in [-0.4, -0.2) is 18.0 Å². The van der Waals surface area contributed by atoms with Gasteiger partial charge in [0.25, 0.3) is 5.69 Å². The van der Waals surface area contributed by atoms with E-state index in [9.17, 15) is 19.3 Å². The predicted octanol–water partition coefficient (Wildman–Crippen LogP) is 3.19. The summed E-state index contributed by atoms with van der Waals surface area (Å²) in [4.78, 5) is 21.9. The lowest BCUT2D eigenvalue weighted by molar-refractivity contribution is -0.384. The standard InChI is InChI=1S/C14H10FNO4/c1-20-14(17)12-7-6-11(16(18)19)8-13(12)9-2-4-10(15)5-3-9/h2-8H,1H3. The molecule has 0 aliphatic rings. The van der Waals surface area contributed by atoms with Gasteiger partial charge in [0.1, 0.15) is 5.82 Å². The predicted molar refractivity (Wildman–Crippen MR) is 69.8 cm³/mol. The van der Waals surface area contributed by atoms with Crippen LogP contribution in [0.3, 0.4) is 0 Å². The zero-order valence-electron chi connectivity index (χ0n) is 10.5. The van der Waals surface area contributed by atoms with Crippen LogP contribution >= 0.6 is 0 Å². The Labute approximate surface area is 113 Å². The van der Waals surface area contributed by atoms with E-state index in [-0.39, 0.29) is 11.3 Å². The van der Waals surface area contributed by atoms with Gasteiger partial charge < -0.3 is 4.74 Å². The van der Waals surface area contributed by atoms with Gasteiger partial charge in [0.05, 0.1) is 17.6 Å². The maximum absolute atomic E-state index is 12.9. The van der Waals surface area contributed by atoms with Crippen LogP contribution in [0.15, 0.2) is 42.5 Å². The molecule has 0 heterocycles. The SMILES string of the molecule is COC(=O)c1ccc([N+](=O)[O-])cc1-c1ccc(F)cc1. The first-order valence-corrected chi connectivity index (χ1v) is 5.65. The Morgan fingerprint density at radius 3 is 2.40 bits per heavy atom. The molecule has 0 unspecified atom stereocenters. The van der Waals surface area contributed by atoms with E-state index < -0.39 is 16.7 Å². The minimum absolute atomic E-state index is 0.156.